The number of thioether (sulfide) groups is 1. The number of nitrogens with one attached hydrogen (secondary N) is 1. The fourth-order valence-corrected chi connectivity index (χ4v) is 4.60. The van der Waals surface area contributed by atoms with E-state index in [9.17, 15) is 4.79 Å². The van der Waals surface area contributed by atoms with E-state index in [1.54, 1.807) is 11.8 Å². The van der Waals surface area contributed by atoms with Crippen LogP contribution in [0.5, 0.6) is 0 Å². The molecule has 5 heteroatoms. The smallest absolute Gasteiger partial charge is 0.254 e. The third-order valence-corrected chi connectivity index (χ3v) is 5.59. The van der Waals surface area contributed by atoms with E-state index in [0.717, 1.165) is 23.3 Å². The first-order valence-electron chi connectivity index (χ1n) is 6.64. The molecule has 0 saturated heterocycles. The first kappa shape index (κ1) is 13.5. The van der Waals surface area contributed by atoms with Crippen molar-refractivity contribution in [3.8, 4) is 11.1 Å². The zero-order valence-electron chi connectivity index (χ0n) is 11.2. The molecule has 2 aromatic rings. The van der Waals surface area contributed by atoms with Gasteiger partial charge in [0.25, 0.3) is 5.91 Å². The maximum Gasteiger partial charge on any atom is 0.254 e. The lowest BCUT2D eigenvalue weighted by atomic mass is 10.0. The molecule has 2 heterocycles. The molecular formula is C15H16N2OS2. The zero-order valence-corrected chi connectivity index (χ0v) is 12.9. The molecule has 0 saturated carbocycles. The van der Waals surface area contributed by atoms with Crippen molar-refractivity contribution in [2.24, 2.45) is 0 Å². The fraction of sp³-hybridized carbons (Fsp3) is 0.267. The van der Waals surface area contributed by atoms with E-state index >= 15 is 0 Å². The number of fused-ring (bicyclic) bond motifs is 3. The molecule has 1 amide bonds. The van der Waals surface area contributed by atoms with Gasteiger partial charge < -0.3 is 11.1 Å². The van der Waals surface area contributed by atoms with Crippen LogP contribution in [0, 0.1) is 0 Å². The van der Waals surface area contributed by atoms with Crippen molar-refractivity contribution in [3.05, 3.63) is 34.7 Å². The number of rotatable bonds is 3. The summed E-state index contributed by atoms with van der Waals surface area (Å²) in [4.78, 5) is 14.8. The second-order valence-corrected chi connectivity index (χ2v) is 6.83. The topological polar surface area (TPSA) is 55.1 Å². The van der Waals surface area contributed by atoms with E-state index in [4.69, 9.17) is 5.73 Å². The van der Waals surface area contributed by atoms with E-state index in [-0.39, 0.29) is 5.91 Å². The minimum Gasteiger partial charge on any atom is -0.390 e. The Morgan fingerprint density at radius 3 is 3.00 bits per heavy atom. The van der Waals surface area contributed by atoms with Crippen molar-refractivity contribution in [1.82, 2.24) is 5.32 Å². The lowest BCUT2D eigenvalue weighted by Gasteiger charge is -2.17. The number of hydrogen-bond donors (Lipinski definition) is 2. The fourth-order valence-electron chi connectivity index (χ4n) is 2.38. The third kappa shape index (κ3) is 2.21. The van der Waals surface area contributed by atoms with Crippen LogP contribution in [0.3, 0.4) is 0 Å². The van der Waals surface area contributed by atoms with E-state index < -0.39 is 0 Å². The van der Waals surface area contributed by atoms with Gasteiger partial charge in [0.05, 0.1) is 10.6 Å². The molecule has 104 valence electrons. The number of benzene rings is 1. The SMILES string of the molecule is CCCNC(=O)c1c(N)sc2c1-c1ccccc1SC2. The average molecular weight is 304 g/mol. The van der Waals surface area contributed by atoms with Gasteiger partial charge in [-0.25, -0.2) is 0 Å². The van der Waals surface area contributed by atoms with Crippen LogP contribution in [-0.2, 0) is 5.75 Å². The quantitative estimate of drug-likeness (QED) is 0.908. The Morgan fingerprint density at radius 1 is 1.40 bits per heavy atom. The highest BCUT2D eigenvalue weighted by molar-refractivity contribution is 7.98. The Kier molecular flexibility index (Phi) is 3.72. The molecule has 0 spiro atoms. The summed E-state index contributed by atoms with van der Waals surface area (Å²) in [5.74, 6) is 0.839. The van der Waals surface area contributed by atoms with Gasteiger partial charge >= 0.3 is 0 Å². The van der Waals surface area contributed by atoms with Crippen molar-refractivity contribution in [3.63, 3.8) is 0 Å². The second kappa shape index (κ2) is 5.50. The van der Waals surface area contributed by atoms with Crippen LogP contribution in [-0.4, -0.2) is 12.5 Å². The maximum absolute atomic E-state index is 12.4. The molecule has 3 rings (SSSR count). The minimum absolute atomic E-state index is 0.0523. The molecular weight excluding hydrogens is 288 g/mol. The zero-order chi connectivity index (χ0) is 14.1. The number of thiophene rings is 1. The van der Waals surface area contributed by atoms with Gasteiger partial charge in [-0.3, -0.25) is 4.79 Å². The van der Waals surface area contributed by atoms with E-state index in [2.05, 4.69) is 17.4 Å². The van der Waals surface area contributed by atoms with Crippen molar-refractivity contribution in [1.29, 1.82) is 0 Å². The number of carbonyl (C=O) groups excluding carboxylic acids is 1. The summed E-state index contributed by atoms with van der Waals surface area (Å²) in [6.45, 7) is 2.72. The number of nitrogen functional groups attached to an aromatic ring is 1. The molecule has 0 bridgehead atoms. The van der Waals surface area contributed by atoms with Crippen LogP contribution in [0.15, 0.2) is 29.2 Å². The molecule has 20 heavy (non-hydrogen) atoms. The molecule has 0 aliphatic carbocycles. The summed E-state index contributed by atoms with van der Waals surface area (Å²) >= 11 is 3.34. The predicted molar refractivity (Wildman–Crippen MR) is 86.4 cm³/mol. The number of nitrogens with two attached hydrogens (primary N) is 1. The highest BCUT2D eigenvalue weighted by Gasteiger charge is 2.27. The molecule has 0 fully saturated rings. The summed E-state index contributed by atoms with van der Waals surface area (Å²) in [5.41, 5.74) is 8.93. The van der Waals surface area contributed by atoms with Gasteiger partial charge in [0.15, 0.2) is 0 Å². The van der Waals surface area contributed by atoms with Gasteiger partial charge in [-0.1, -0.05) is 25.1 Å². The van der Waals surface area contributed by atoms with Crippen LogP contribution in [0.2, 0.25) is 0 Å². The number of hydrogen-bond acceptors (Lipinski definition) is 4. The standard InChI is InChI=1S/C15H16N2OS2/c1-2-7-17-15(18)13-12-9-5-3-4-6-10(9)19-8-11(12)20-14(13)16/h3-6H,2,7-8,16H2,1H3,(H,17,18). The molecule has 0 atom stereocenters. The Labute approximate surface area is 126 Å². The molecule has 3 nitrogen and oxygen atoms in total. The highest BCUT2D eigenvalue weighted by Crippen LogP contribution is 2.48. The monoisotopic (exact) mass is 304 g/mol. The summed E-state index contributed by atoms with van der Waals surface area (Å²) in [6.07, 6.45) is 0.921. The summed E-state index contributed by atoms with van der Waals surface area (Å²) < 4.78 is 0. The third-order valence-electron chi connectivity index (χ3n) is 3.29. The molecule has 0 unspecified atom stereocenters. The van der Waals surface area contributed by atoms with E-state index in [0.29, 0.717) is 17.1 Å². The van der Waals surface area contributed by atoms with Crippen molar-refractivity contribution < 1.29 is 4.79 Å². The molecule has 1 aliphatic heterocycles. The normalized spacial score (nSPS) is 12.7. The van der Waals surface area contributed by atoms with Crippen LogP contribution in [0.25, 0.3) is 11.1 Å². The van der Waals surface area contributed by atoms with Gasteiger partial charge in [-0.05, 0) is 18.1 Å². The van der Waals surface area contributed by atoms with Gasteiger partial charge in [0, 0.05) is 27.6 Å². The minimum atomic E-state index is -0.0523. The molecule has 0 radical (unpaired) electrons. The Morgan fingerprint density at radius 2 is 2.20 bits per heavy atom. The van der Waals surface area contributed by atoms with Crippen molar-refractivity contribution in [2.45, 2.75) is 24.0 Å². The first-order valence-corrected chi connectivity index (χ1v) is 8.44. The van der Waals surface area contributed by atoms with Crippen LogP contribution in [0.4, 0.5) is 5.00 Å². The Balaban J connectivity index is 2.10. The van der Waals surface area contributed by atoms with Gasteiger partial charge in [-0.15, -0.1) is 23.1 Å². The molecule has 3 N–H and O–H groups in total. The van der Waals surface area contributed by atoms with Crippen LogP contribution < -0.4 is 11.1 Å². The summed E-state index contributed by atoms with van der Waals surface area (Å²) in [5, 5.41) is 3.56. The lowest BCUT2D eigenvalue weighted by Crippen LogP contribution is -2.25. The summed E-state index contributed by atoms with van der Waals surface area (Å²) in [6, 6.07) is 8.22. The molecule has 1 aromatic heterocycles. The number of anilines is 1. The van der Waals surface area contributed by atoms with Gasteiger partial charge in [0.1, 0.15) is 0 Å². The van der Waals surface area contributed by atoms with E-state index in [1.807, 2.05) is 19.1 Å². The Bertz CT molecular complexity index is 664. The predicted octanol–water partition coefficient (Wildman–Crippen LogP) is 3.74. The first-order chi connectivity index (χ1) is 9.72. The average Bonchev–Trinajstić information content (AvgIpc) is 2.81. The number of amides is 1. The van der Waals surface area contributed by atoms with Crippen LogP contribution >= 0.6 is 23.1 Å². The number of carbonyl (C=O) groups is 1. The highest BCUT2D eigenvalue weighted by atomic mass is 32.2. The van der Waals surface area contributed by atoms with Gasteiger partial charge in [0.2, 0.25) is 0 Å². The second-order valence-electron chi connectivity index (χ2n) is 4.68. The Hall–Kier alpha value is -1.46. The molecule has 1 aliphatic rings. The summed E-state index contributed by atoms with van der Waals surface area (Å²) in [7, 11) is 0. The van der Waals surface area contributed by atoms with Crippen LogP contribution in [0.1, 0.15) is 28.6 Å². The van der Waals surface area contributed by atoms with Crippen molar-refractivity contribution >= 4 is 34.0 Å². The molecule has 1 aromatic carbocycles. The van der Waals surface area contributed by atoms with E-state index in [1.165, 1.54) is 21.1 Å². The maximum atomic E-state index is 12.4. The lowest BCUT2D eigenvalue weighted by molar-refractivity contribution is 0.0955. The van der Waals surface area contributed by atoms with Gasteiger partial charge in [-0.2, -0.15) is 0 Å². The largest absolute Gasteiger partial charge is 0.390 e. The van der Waals surface area contributed by atoms with Crippen molar-refractivity contribution in [2.75, 3.05) is 12.3 Å².